The van der Waals surface area contributed by atoms with Gasteiger partial charge in [0.05, 0.1) is 25.6 Å². The molecule has 0 aromatic carbocycles. The quantitative estimate of drug-likeness (QED) is 0.212. The average Bonchev–Trinajstić information content (AvgIpc) is 1.94. The number of nitrogens with one attached hydrogen (secondary N) is 4. The molecule has 0 radical (unpaired) electrons. The van der Waals surface area contributed by atoms with Gasteiger partial charge in [-0.15, -0.1) is 11.6 Å². The summed E-state index contributed by atoms with van der Waals surface area (Å²) in [6.45, 7) is 10.9. The van der Waals surface area contributed by atoms with Crippen molar-refractivity contribution < 1.29 is 65.9 Å². The number of halogens is 4. The van der Waals surface area contributed by atoms with Crippen LogP contribution in [0.15, 0.2) is 0 Å². The highest BCUT2D eigenvalue weighted by Crippen LogP contribution is 2.44. The molecule has 5 fully saturated rings. The maximum Gasteiger partial charge on any atom is 0.393 e. The number of hydrogen-bond acceptors (Lipinski definition) is 11. The Balaban J connectivity index is 1.52. The predicted molar refractivity (Wildman–Crippen MR) is 329 cm³/mol. The van der Waals surface area contributed by atoms with Crippen molar-refractivity contribution in [2.75, 3.05) is 68.0 Å². The fourth-order valence-electron chi connectivity index (χ4n) is 13.9. The summed E-state index contributed by atoms with van der Waals surface area (Å²) in [7, 11) is 7.13. The van der Waals surface area contributed by atoms with E-state index < -0.39 is 162 Å². The van der Waals surface area contributed by atoms with Crippen molar-refractivity contribution in [2.24, 2.45) is 29.6 Å². The number of carbonyl (C=O) groups excluding carboxylic acids is 11. The highest BCUT2D eigenvalue weighted by Gasteiger charge is 2.50. The molecule has 11 atom stereocenters. The standard InChI is InChI=1S/C63H103ClF3N11O11/c1-13-30-77-41(7)55(83)70-53(39(5)14-2)60(88)74(10)36-51(81)72(8)37-52(82)75(11)48(34-42-21-16-15-17-22-42)59(87)73(9)35-49(79)69-46(27-25-43-24-26-44(45(64)33-43)63(65,66)67)58(86)78-31-20-23-47(78)56(84)71-62(28-18-19-29-62)61(89)76(12)54(38(3)4)57(85)68-40(6)32-50(77)80/h38-48,53-54H,13-37H2,1-12H3,(H,68,85)(H,69,79)(H,70,83)(H,71,84)/t39-,40+,41-,43?,44?,45?,46-,47-,48-,53-,54-/m0/s1. The van der Waals surface area contributed by atoms with Gasteiger partial charge in [0.1, 0.15) is 41.8 Å². The maximum absolute atomic E-state index is 15.0. The van der Waals surface area contributed by atoms with Crippen LogP contribution in [0, 0.1) is 29.6 Å². The first-order chi connectivity index (χ1) is 41.8. The molecule has 4 N–H and O–H groups in total. The van der Waals surface area contributed by atoms with E-state index >= 15 is 4.79 Å². The van der Waals surface area contributed by atoms with E-state index in [4.69, 9.17) is 11.6 Å². The lowest BCUT2D eigenvalue weighted by Crippen LogP contribution is -2.64. The summed E-state index contributed by atoms with van der Waals surface area (Å²) in [6.07, 6.45) is 3.18. The van der Waals surface area contributed by atoms with Gasteiger partial charge in [-0.25, -0.2) is 0 Å². The summed E-state index contributed by atoms with van der Waals surface area (Å²) in [4.78, 5) is 168. The molecule has 2 saturated heterocycles. The number of nitrogens with zero attached hydrogens (tertiary/aromatic N) is 7. The van der Waals surface area contributed by atoms with Crippen LogP contribution in [-0.2, 0) is 52.7 Å². The minimum Gasteiger partial charge on any atom is -0.351 e. The van der Waals surface area contributed by atoms with Gasteiger partial charge in [-0.05, 0) is 108 Å². The summed E-state index contributed by atoms with van der Waals surface area (Å²) in [6, 6.07) is -7.57. The van der Waals surface area contributed by atoms with Crippen molar-refractivity contribution in [2.45, 2.75) is 236 Å². The highest BCUT2D eigenvalue weighted by atomic mass is 35.5. The molecule has 2 aliphatic heterocycles. The molecule has 0 bridgehead atoms. The van der Waals surface area contributed by atoms with Gasteiger partial charge in [0.15, 0.2) is 0 Å². The Morgan fingerprint density at radius 3 is 1.87 bits per heavy atom. The largest absolute Gasteiger partial charge is 0.393 e. The zero-order valence-corrected chi connectivity index (χ0v) is 55.6. The minimum atomic E-state index is -4.49. The SMILES string of the molecule is CCCN1C(=O)C[C@@H](C)NC(=O)[C@H](C(C)C)N(C)C(=O)C2(CCCC2)NC(=O)[C@@H]2CCCN2C(=O)[C@H](CCC2CCC(C(F)(F)F)C(Cl)C2)NC(=O)CN(C)C(=O)[C@H](CC2CCCCC2)N(C)C(=O)CN(C)C(=O)CN(C)C(=O)[C@H]([C@@H](C)CC)NC(=O)[C@@H]1C. The van der Waals surface area contributed by atoms with Gasteiger partial charge in [0.2, 0.25) is 65.0 Å². The van der Waals surface area contributed by atoms with Crippen LogP contribution in [0.1, 0.15) is 177 Å². The van der Waals surface area contributed by atoms with E-state index in [1.807, 2.05) is 13.8 Å². The number of carbonyl (C=O) groups is 11. The number of fused-ring (bicyclic) bond motifs is 1. The number of likely N-dealkylation sites (N-methyl/N-ethyl adjacent to an activating group) is 5. The van der Waals surface area contributed by atoms with Crippen LogP contribution in [0.4, 0.5) is 13.2 Å². The van der Waals surface area contributed by atoms with E-state index in [0.29, 0.717) is 32.1 Å². The fourth-order valence-corrected chi connectivity index (χ4v) is 14.4. The summed E-state index contributed by atoms with van der Waals surface area (Å²) >= 11 is 6.35. The van der Waals surface area contributed by atoms with Crippen LogP contribution in [0.5, 0.6) is 0 Å². The van der Waals surface area contributed by atoms with Crippen LogP contribution < -0.4 is 21.3 Å². The first-order valence-corrected chi connectivity index (χ1v) is 33.0. The predicted octanol–water partition coefficient (Wildman–Crippen LogP) is 4.98. The van der Waals surface area contributed by atoms with E-state index in [2.05, 4.69) is 21.3 Å². The highest BCUT2D eigenvalue weighted by molar-refractivity contribution is 6.20. The van der Waals surface area contributed by atoms with Crippen LogP contribution >= 0.6 is 11.6 Å². The number of hydrogen-bond donors (Lipinski definition) is 4. The number of rotatable bonds is 10. The van der Waals surface area contributed by atoms with Crippen LogP contribution in [-0.4, -0.2) is 227 Å². The third-order valence-corrected chi connectivity index (χ3v) is 20.0. The van der Waals surface area contributed by atoms with E-state index in [9.17, 15) is 61.1 Å². The van der Waals surface area contributed by atoms with E-state index in [-0.39, 0.29) is 89.1 Å². The Labute approximate surface area is 529 Å². The summed E-state index contributed by atoms with van der Waals surface area (Å²) in [5.74, 6) is -9.46. The molecule has 2 heterocycles. The van der Waals surface area contributed by atoms with Crippen LogP contribution in [0.25, 0.3) is 0 Å². The van der Waals surface area contributed by atoms with Crippen LogP contribution in [0.2, 0.25) is 0 Å². The van der Waals surface area contributed by atoms with Gasteiger partial charge in [-0.2, -0.15) is 13.2 Å². The molecular weight excluding hydrogens is 1180 g/mol. The zero-order chi connectivity index (χ0) is 66.4. The molecule has 3 aliphatic carbocycles. The molecule has 5 rings (SSSR count). The maximum atomic E-state index is 15.0. The van der Waals surface area contributed by atoms with E-state index in [1.165, 1.54) is 54.8 Å². The van der Waals surface area contributed by atoms with Gasteiger partial charge in [0.25, 0.3) is 0 Å². The van der Waals surface area contributed by atoms with Crippen molar-refractivity contribution in [3.05, 3.63) is 0 Å². The monoisotopic (exact) mass is 1280 g/mol. The lowest BCUT2D eigenvalue weighted by molar-refractivity contribution is -0.182. The fraction of sp³-hybridized carbons (Fsp3) is 0.825. The van der Waals surface area contributed by atoms with Crippen molar-refractivity contribution in [3.8, 4) is 0 Å². The lowest BCUT2D eigenvalue weighted by Gasteiger charge is -2.39. The first-order valence-electron chi connectivity index (χ1n) is 32.6. The minimum absolute atomic E-state index is 0.0152. The first kappa shape index (κ1) is 74.0. The lowest BCUT2D eigenvalue weighted by atomic mass is 9.78. The third-order valence-electron chi connectivity index (χ3n) is 19.5. The Bertz CT molecular complexity index is 2520. The molecule has 11 amide bonds. The van der Waals surface area contributed by atoms with Crippen LogP contribution in [0.3, 0.4) is 0 Å². The normalized spacial score (nSPS) is 30.0. The molecule has 1 spiro atoms. The molecule has 0 aromatic rings. The van der Waals surface area contributed by atoms with E-state index in [0.717, 1.165) is 46.8 Å². The zero-order valence-electron chi connectivity index (χ0n) is 54.8. The van der Waals surface area contributed by atoms with Gasteiger partial charge in [-0.1, -0.05) is 86.0 Å². The summed E-state index contributed by atoms with van der Waals surface area (Å²) in [5, 5.41) is 10.4. The Morgan fingerprint density at radius 2 is 1.27 bits per heavy atom. The number of amides is 11. The van der Waals surface area contributed by atoms with Gasteiger partial charge in [0, 0.05) is 66.2 Å². The molecular formula is C63H103ClF3N11O11. The van der Waals surface area contributed by atoms with Crippen molar-refractivity contribution in [1.29, 1.82) is 0 Å². The van der Waals surface area contributed by atoms with Gasteiger partial charge < -0.3 is 55.6 Å². The second-order valence-corrected chi connectivity index (χ2v) is 27.3. The Hall–Kier alpha value is -5.75. The second kappa shape index (κ2) is 33.0. The van der Waals surface area contributed by atoms with Crippen molar-refractivity contribution in [1.82, 2.24) is 55.6 Å². The smallest absolute Gasteiger partial charge is 0.351 e. The molecule has 3 unspecified atom stereocenters. The molecule has 26 heteroatoms. The van der Waals surface area contributed by atoms with Gasteiger partial charge in [-0.3, -0.25) is 52.7 Å². The number of alkyl halides is 4. The molecule has 22 nitrogen and oxygen atoms in total. The van der Waals surface area contributed by atoms with Gasteiger partial charge >= 0.3 is 6.18 Å². The summed E-state index contributed by atoms with van der Waals surface area (Å²) in [5.41, 5.74) is -1.47. The Morgan fingerprint density at radius 1 is 0.640 bits per heavy atom. The molecule has 0 aromatic heterocycles. The third kappa shape index (κ3) is 19.4. The van der Waals surface area contributed by atoms with Crippen molar-refractivity contribution in [3.63, 3.8) is 0 Å². The molecule has 504 valence electrons. The van der Waals surface area contributed by atoms with E-state index in [1.54, 1.807) is 34.6 Å². The Kier molecular flexibility index (Phi) is 27.4. The second-order valence-electron chi connectivity index (χ2n) is 26.8. The average molecular weight is 1280 g/mol. The molecule has 89 heavy (non-hydrogen) atoms. The van der Waals surface area contributed by atoms with Crippen molar-refractivity contribution >= 4 is 76.6 Å². The topological polar surface area (TPSA) is 259 Å². The molecule has 3 saturated carbocycles. The molecule has 5 aliphatic rings. The summed E-state index contributed by atoms with van der Waals surface area (Å²) < 4.78 is 41.7.